The van der Waals surface area contributed by atoms with E-state index in [1.54, 1.807) is 23.1 Å². The molecule has 0 unspecified atom stereocenters. The predicted octanol–water partition coefficient (Wildman–Crippen LogP) is -0.401. The number of hydrogen-bond donors (Lipinski definition) is 3. The van der Waals surface area contributed by atoms with Crippen molar-refractivity contribution >= 4 is 11.9 Å². The van der Waals surface area contributed by atoms with Gasteiger partial charge in [-0.1, -0.05) is 12.1 Å². The summed E-state index contributed by atoms with van der Waals surface area (Å²) in [5, 5.41) is 28.4. The fraction of sp³-hybridized carbons (Fsp3) is 0.600. The summed E-state index contributed by atoms with van der Waals surface area (Å²) in [6, 6.07) is 7.24. The molecule has 3 heterocycles. The highest BCUT2D eigenvalue weighted by Gasteiger charge is 2.56. The van der Waals surface area contributed by atoms with Crippen molar-refractivity contribution < 1.29 is 24.9 Å². The van der Waals surface area contributed by atoms with Gasteiger partial charge in [-0.25, -0.2) is 4.79 Å². The molecule has 1 amide bonds. The Hall–Kier alpha value is -2.00. The molecule has 1 spiro atoms. The topological polar surface area (TPSA) is 105 Å². The number of aliphatic hydroxyl groups is 2. The Morgan fingerprint density at radius 3 is 2.68 bits per heavy atom. The number of hydrogen-bond acceptors (Lipinski definition) is 6. The van der Waals surface area contributed by atoms with E-state index in [0.29, 0.717) is 26.2 Å². The van der Waals surface area contributed by atoms with Crippen molar-refractivity contribution in [3.05, 3.63) is 35.4 Å². The molecule has 3 aliphatic rings. The normalized spacial score (nSPS) is 26.9. The van der Waals surface area contributed by atoms with E-state index in [1.165, 1.54) is 0 Å². The summed E-state index contributed by atoms with van der Waals surface area (Å²) in [6.07, 6.45) is 0.519. The Labute approximate surface area is 164 Å². The minimum absolute atomic E-state index is 0.0318. The molecular weight excluding hydrogens is 362 g/mol. The number of fused-ring (bicyclic) bond motifs is 2. The highest BCUT2D eigenvalue weighted by molar-refractivity contribution is 5.87. The quantitative estimate of drug-likeness (QED) is 0.629. The second-order valence-electron chi connectivity index (χ2n) is 8.32. The number of carbonyl (C=O) groups is 2. The van der Waals surface area contributed by atoms with E-state index in [4.69, 9.17) is 5.11 Å². The Balaban J connectivity index is 1.49. The first kappa shape index (κ1) is 19.3. The van der Waals surface area contributed by atoms with Crippen LogP contribution in [0.25, 0.3) is 0 Å². The fourth-order valence-electron chi connectivity index (χ4n) is 5.07. The molecular formula is C20H27N3O5. The van der Waals surface area contributed by atoms with E-state index in [-0.39, 0.29) is 42.2 Å². The van der Waals surface area contributed by atoms with E-state index >= 15 is 0 Å². The van der Waals surface area contributed by atoms with Crippen LogP contribution in [0.1, 0.15) is 28.8 Å². The molecule has 3 N–H and O–H groups in total. The zero-order chi connectivity index (χ0) is 19.9. The molecule has 3 saturated heterocycles. The van der Waals surface area contributed by atoms with E-state index in [9.17, 15) is 19.8 Å². The summed E-state index contributed by atoms with van der Waals surface area (Å²) < 4.78 is 0. The third-order valence-electron chi connectivity index (χ3n) is 6.22. The molecule has 0 saturated carbocycles. The third-order valence-corrected chi connectivity index (χ3v) is 6.22. The zero-order valence-corrected chi connectivity index (χ0v) is 15.8. The number of aliphatic hydroxyl groups excluding tert-OH is 2. The summed E-state index contributed by atoms with van der Waals surface area (Å²) in [6.45, 7) is 3.96. The molecule has 8 heteroatoms. The number of carboxylic acid groups (broad SMARTS) is 1. The molecule has 0 aliphatic carbocycles. The van der Waals surface area contributed by atoms with Crippen molar-refractivity contribution in [2.45, 2.75) is 37.1 Å². The van der Waals surface area contributed by atoms with Gasteiger partial charge in [0, 0.05) is 51.7 Å². The van der Waals surface area contributed by atoms with E-state index in [1.807, 2.05) is 6.07 Å². The van der Waals surface area contributed by atoms with Gasteiger partial charge in [-0.3, -0.25) is 14.6 Å². The molecule has 3 aliphatic heterocycles. The molecule has 2 atom stereocenters. The van der Waals surface area contributed by atoms with Crippen LogP contribution in [0.3, 0.4) is 0 Å². The van der Waals surface area contributed by atoms with Crippen molar-refractivity contribution in [3.8, 4) is 0 Å². The lowest BCUT2D eigenvalue weighted by atomic mass is 9.83. The molecule has 3 fully saturated rings. The average molecular weight is 389 g/mol. The van der Waals surface area contributed by atoms with Crippen LogP contribution >= 0.6 is 0 Å². The Kier molecular flexibility index (Phi) is 5.13. The SMILES string of the molecule is O=C(O)c1cccc(CN2C[C@@H]3C[C@@H](O)CN3C3(C2)CN(C(=O)CCO)C3)c1. The van der Waals surface area contributed by atoms with Crippen LogP contribution in [0.2, 0.25) is 0 Å². The van der Waals surface area contributed by atoms with Crippen LogP contribution in [0, 0.1) is 0 Å². The van der Waals surface area contributed by atoms with Crippen LogP contribution in [-0.4, -0.2) is 98.9 Å². The maximum Gasteiger partial charge on any atom is 0.335 e. The molecule has 152 valence electrons. The summed E-state index contributed by atoms with van der Waals surface area (Å²) in [4.78, 5) is 29.8. The highest BCUT2D eigenvalue weighted by atomic mass is 16.4. The van der Waals surface area contributed by atoms with E-state index < -0.39 is 5.97 Å². The Morgan fingerprint density at radius 2 is 1.96 bits per heavy atom. The maximum atomic E-state index is 12.1. The van der Waals surface area contributed by atoms with Crippen molar-refractivity contribution in [3.63, 3.8) is 0 Å². The number of likely N-dealkylation sites (tertiary alicyclic amines) is 1. The Morgan fingerprint density at radius 1 is 1.18 bits per heavy atom. The summed E-state index contributed by atoms with van der Waals surface area (Å²) in [5.74, 6) is -0.963. The van der Waals surface area contributed by atoms with Crippen LogP contribution < -0.4 is 0 Å². The van der Waals surface area contributed by atoms with E-state index in [2.05, 4.69) is 9.80 Å². The van der Waals surface area contributed by atoms with Gasteiger partial charge in [0.15, 0.2) is 0 Å². The van der Waals surface area contributed by atoms with Gasteiger partial charge in [0.1, 0.15) is 0 Å². The third kappa shape index (κ3) is 3.53. The number of nitrogens with zero attached hydrogens (tertiary/aromatic N) is 3. The lowest BCUT2D eigenvalue weighted by Crippen LogP contribution is -2.78. The minimum Gasteiger partial charge on any atom is -0.478 e. The first-order valence-electron chi connectivity index (χ1n) is 9.78. The van der Waals surface area contributed by atoms with Gasteiger partial charge < -0.3 is 20.2 Å². The molecule has 1 aromatic rings. The first-order chi connectivity index (χ1) is 13.4. The number of carboxylic acids is 1. The number of rotatable bonds is 5. The molecule has 4 rings (SSSR count). The lowest BCUT2D eigenvalue weighted by Gasteiger charge is -2.61. The number of piperazine rings is 1. The number of β-amino-alcohol motifs (C(OH)–C–C–N with tert-alkyl or cyclic N) is 1. The highest BCUT2D eigenvalue weighted by Crippen LogP contribution is 2.39. The van der Waals surface area contributed by atoms with Gasteiger partial charge in [0.05, 0.1) is 23.8 Å². The van der Waals surface area contributed by atoms with Gasteiger partial charge in [0.2, 0.25) is 5.91 Å². The molecule has 8 nitrogen and oxygen atoms in total. The van der Waals surface area contributed by atoms with Gasteiger partial charge in [0.25, 0.3) is 0 Å². The summed E-state index contributed by atoms with van der Waals surface area (Å²) >= 11 is 0. The second-order valence-corrected chi connectivity index (χ2v) is 8.32. The lowest BCUT2D eigenvalue weighted by molar-refractivity contribution is -0.157. The largest absolute Gasteiger partial charge is 0.478 e. The molecule has 0 bridgehead atoms. The van der Waals surface area contributed by atoms with Crippen molar-refractivity contribution in [1.82, 2.24) is 14.7 Å². The summed E-state index contributed by atoms with van der Waals surface area (Å²) in [7, 11) is 0. The number of aromatic carboxylic acids is 1. The second kappa shape index (κ2) is 7.44. The predicted molar refractivity (Wildman–Crippen MR) is 101 cm³/mol. The fourth-order valence-corrected chi connectivity index (χ4v) is 5.07. The van der Waals surface area contributed by atoms with Crippen LogP contribution in [0.4, 0.5) is 0 Å². The number of amides is 1. The van der Waals surface area contributed by atoms with Gasteiger partial charge in [-0.2, -0.15) is 0 Å². The number of carbonyl (C=O) groups excluding carboxylic acids is 1. The van der Waals surface area contributed by atoms with Gasteiger partial charge in [-0.05, 0) is 24.1 Å². The molecule has 0 aromatic heterocycles. The van der Waals surface area contributed by atoms with Gasteiger partial charge >= 0.3 is 5.97 Å². The van der Waals surface area contributed by atoms with Crippen molar-refractivity contribution in [2.24, 2.45) is 0 Å². The van der Waals surface area contributed by atoms with Crippen LogP contribution in [-0.2, 0) is 11.3 Å². The monoisotopic (exact) mass is 389 g/mol. The van der Waals surface area contributed by atoms with Crippen LogP contribution in [0.15, 0.2) is 24.3 Å². The minimum atomic E-state index is -0.931. The van der Waals surface area contributed by atoms with Crippen molar-refractivity contribution in [1.29, 1.82) is 0 Å². The van der Waals surface area contributed by atoms with E-state index in [0.717, 1.165) is 25.1 Å². The molecule has 1 aromatic carbocycles. The molecule has 28 heavy (non-hydrogen) atoms. The zero-order valence-electron chi connectivity index (χ0n) is 15.8. The summed E-state index contributed by atoms with van der Waals surface area (Å²) in [5.41, 5.74) is 1.07. The Bertz CT molecular complexity index is 764. The first-order valence-corrected chi connectivity index (χ1v) is 9.78. The number of benzene rings is 1. The molecule has 0 radical (unpaired) electrons. The maximum absolute atomic E-state index is 12.1. The van der Waals surface area contributed by atoms with Crippen LogP contribution in [0.5, 0.6) is 0 Å². The smallest absolute Gasteiger partial charge is 0.335 e. The van der Waals surface area contributed by atoms with Gasteiger partial charge in [-0.15, -0.1) is 0 Å². The average Bonchev–Trinajstić information content (AvgIpc) is 2.99. The van der Waals surface area contributed by atoms with Crippen molar-refractivity contribution in [2.75, 3.05) is 39.3 Å². The standard InChI is InChI=1S/C20H27N3O5/c24-5-4-18(26)22-12-20(13-22)11-21(9-16-7-17(25)10-23(16)20)8-14-2-1-3-15(6-14)19(27)28/h1-3,6,16-17,24-25H,4-5,7-13H2,(H,27,28)/t16-,17+/m0/s1.